The van der Waals surface area contributed by atoms with E-state index in [4.69, 9.17) is 0 Å². The summed E-state index contributed by atoms with van der Waals surface area (Å²) in [7, 11) is 0.826. The summed E-state index contributed by atoms with van der Waals surface area (Å²) >= 11 is 0. The predicted octanol–water partition coefficient (Wildman–Crippen LogP) is 14.0. The highest BCUT2D eigenvalue weighted by Gasteiger charge is 2.40. The maximum absolute atomic E-state index is 3.92. The van der Waals surface area contributed by atoms with Crippen LogP contribution in [0.3, 0.4) is 0 Å². The smallest absolute Gasteiger partial charge is 0.198 e. The molecular formula is C59H47BN2. The van der Waals surface area contributed by atoms with E-state index in [2.05, 4.69) is 227 Å². The van der Waals surface area contributed by atoms with Crippen molar-refractivity contribution in [2.45, 2.75) is 45.4 Å². The Hall–Kier alpha value is -7.10. The molecule has 1 aliphatic heterocycles. The van der Waals surface area contributed by atoms with Crippen molar-refractivity contribution < 1.29 is 0 Å². The number of fused-ring (bicyclic) bond motifs is 9. The number of aryl methyl sites for hydroxylation is 1. The van der Waals surface area contributed by atoms with Gasteiger partial charge in [0.25, 0.3) is 0 Å². The summed E-state index contributed by atoms with van der Waals surface area (Å²) in [6.07, 6.45) is 0. The van der Waals surface area contributed by atoms with Crippen LogP contribution in [-0.4, -0.2) is 7.28 Å². The summed E-state index contributed by atoms with van der Waals surface area (Å²) in [5.41, 5.74) is 25.5. The van der Waals surface area contributed by atoms with Gasteiger partial charge in [-0.25, -0.2) is 0 Å². The van der Waals surface area contributed by atoms with E-state index in [9.17, 15) is 0 Å². The van der Waals surface area contributed by atoms with Gasteiger partial charge in [-0.15, -0.1) is 0 Å². The third-order valence-corrected chi connectivity index (χ3v) is 14.3. The minimum Gasteiger partial charge on any atom is -0.355 e. The molecule has 0 amide bonds. The van der Waals surface area contributed by atoms with E-state index in [1.807, 2.05) is 0 Å². The van der Waals surface area contributed by atoms with Crippen molar-refractivity contribution in [3.8, 4) is 44.5 Å². The predicted molar refractivity (Wildman–Crippen MR) is 266 cm³/mol. The first-order valence-corrected chi connectivity index (χ1v) is 22.0. The maximum atomic E-state index is 3.92. The first-order valence-electron chi connectivity index (χ1n) is 22.0. The second-order valence-electron chi connectivity index (χ2n) is 18.7. The second-order valence-corrected chi connectivity index (χ2v) is 18.7. The lowest BCUT2D eigenvalue weighted by atomic mass is 9.57. The Morgan fingerprint density at radius 1 is 0.435 bits per heavy atom. The first-order chi connectivity index (χ1) is 30.1. The SMILES string of the molecule is Cc1cc(-c2cc3ccccc3cc2Nc2ccc(-c3ccccc3)cc2)c2c(c1)N(c1ccc3c(c1)C(C)(C)c1ccccc1-3)c1cc3c(cc1B2)-c1ccccc1C3(C)C. The van der Waals surface area contributed by atoms with Gasteiger partial charge in [0.2, 0.25) is 0 Å². The number of rotatable bonds is 5. The van der Waals surface area contributed by atoms with Crippen LogP contribution in [0, 0.1) is 6.92 Å². The molecule has 2 nitrogen and oxygen atoms in total. The molecule has 0 spiro atoms. The Balaban J connectivity index is 1.07. The molecule has 12 rings (SSSR count). The monoisotopic (exact) mass is 794 g/mol. The molecule has 1 heterocycles. The third kappa shape index (κ3) is 5.51. The lowest BCUT2D eigenvalue weighted by molar-refractivity contribution is 0.660. The lowest BCUT2D eigenvalue weighted by Crippen LogP contribution is -2.41. The van der Waals surface area contributed by atoms with E-state index in [-0.39, 0.29) is 10.8 Å². The highest BCUT2D eigenvalue weighted by Crippen LogP contribution is 2.53. The normalized spacial score (nSPS) is 14.6. The summed E-state index contributed by atoms with van der Waals surface area (Å²) < 4.78 is 0. The molecule has 9 aromatic rings. The quantitative estimate of drug-likeness (QED) is 0.175. The molecule has 2 aliphatic carbocycles. The Labute approximate surface area is 365 Å². The van der Waals surface area contributed by atoms with Gasteiger partial charge in [-0.3, -0.25) is 0 Å². The van der Waals surface area contributed by atoms with Gasteiger partial charge in [-0.2, -0.15) is 0 Å². The molecule has 0 aromatic heterocycles. The van der Waals surface area contributed by atoms with E-state index in [0.29, 0.717) is 0 Å². The van der Waals surface area contributed by atoms with Crippen LogP contribution in [0.5, 0.6) is 0 Å². The van der Waals surface area contributed by atoms with Crippen LogP contribution in [-0.2, 0) is 10.8 Å². The minimum absolute atomic E-state index is 0.114. The fourth-order valence-electron chi connectivity index (χ4n) is 11.1. The number of nitrogens with zero attached hydrogens (tertiary/aromatic N) is 1. The molecule has 0 saturated carbocycles. The standard InChI is InChI=1S/C59H47BN2/c1-36-29-48(47-31-39-17-9-10-18-40(39)32-54(47)61-41-25-23-38(24-26-41)37-15-7-6-8-16-37)57-56(30-36)62(42-27-28-45-43-19-11-13-21-49(43)58(2,3)51(45)33-42)55-35-52-46(34-53(55)60-57)44-20-12-14-22-50(44)59(52,4)5/h6-35,60-61H,1-5H3. The van der Waals surface area contributed by atoms with Crippen molar-refractivity contribution in [2.75, 3.05) is 10.2 Å². The van der Waals surface area contributed by atoms with Crippen LogP contribution in [0.25, 0.3) is 55.3 Å². The summed E-state index contributed by atoms with van der Waals surface area (Å²) in [6.45, 7) is 11.8. The zero-order valence-corrected chi connectivity index (χ0v) is 36.0. The number of hydrogen-bond acceptors (Lipinski definition) is 2. The molecule has 3 heteroatoms. The molecule has 296 valence electrons. The van der Waals surface area contributed by atoms with Crippen molar-refractivity contribution in [3.63, 3.8) is 0 Å². The summed E-state index contributed by atoms with van der Waals surface area (Å²) in [5, 5.41) is 6.36. The van der Waals surface area contributed by atoms with Crippen molar-refractivity contribution in [1.82, 2.24) is 0 Å². The highest BCUT2D eigenvalue weighted by atomic mass is 15.2. The highest BCUT2D eigenvalue weighted by molar-refractivity contribution is 6.73. The van der Waals surface area contributed by atoms with Gasteiger partial charge in [0.15, 0.2) is 7.28 Å². The minimum atomic E-state index is -0.117. The Kier molecular flexibility index (Phi) is 7.97. The van der Waals surface area contributed by atoms with Crippen LogP contribution < -0.4 is 21.1 Å². The van der Waals surface area contributed by atoms with Gasteiger partial charge in [0, 0.05) is 44.8 Å². The number of anilines is 5. The topological polar surface area (TPSA) is 15.3 Å². The number of nitrogens with one attached hydrogen (secondary N) is 1. The van der Waals surface area contributed by atoms with Crippen LogP contribution in [0.1, 0.15) is 55.5 Å². The van der Waals surface area contributed by atoms with E-state index in [1.54, 1.807) is 0 Å². The van der Waals surface area contributed by atoms with Crippen molar-refractivity contribution >= 4 is 57.4 Å². The van der Waals surface area contributed by atoms with Crippen LogP contribution >= 0.6 is 0 Å². The van der Waals surface area contributed by atoms with Gasteiger partial charge in [0.05, 0.1) is 0 Å². The van der Waals surface area contributed by atoms with E-state index in [1.165, 1.54) is 111 Å². The molecular weight excluding hydrogens is 747 g/mol. The molecule has 0 atom stereocenters. The number of benzene rings is 9. The van der Waals surface area contributed by atoms with Crippen molar-refractivity contribution in [2.24, 2.45) is 0 Å². The maximum Gasteiger partial charge on any atom is 0.198 e. The Morgan fingerprint density at radius 3 is 1.76 bits per heavy atom. The van der Waals surface area contributed by atoms with Crippen molar-refractivity contribution in [1.29, 1.82) is 0 Å². The molecule has 9 aromatic carbocycles. The molecule has 0 saturated heterocycles. The number of hydrogen-bond donors (Lipinski definition) is 1. The van der Waals surface area contributed by atoms with Crippen LogP contribution in [0.4, 0.5) is 28.4 Å². The van der Waals surface area contributed by atoms with Crippen LogP contribution in [0.15, 0.2) is 182 Å². The lowest BCUT2D eigenvalue weighted by Gasteiger charge is -2.37. The fraction of sp³-hybridized carbons (Fsp3) is 0.119. The van der Waals surface area contributed by atoms with Crippen LogP contribution in [0.2, 0.25) is 0 Å². The second kappa shape index (κ2) is 13.5. The van der Waals surface area contributed by atoms with E-state index >= 15 is 0 Å². The average Bonchev–Trinajstić information content (AvgIpc) is 3.66. The average molecular weight is 795 g/mol. The Morgan fingerprint density at radius 2 is 1.03 bits per heavy atom. The Bertz CT molecular complexity index is 3300. The van der Waals surface area contributed by atoms with Gasteiger partial charge in [0.1, 0.15) is 0 Å². The van der Waals surface area contributed by atoms with E-state index in [0.717, 1.165) is 18.7 Å². The van der Waals surface area contributed by atoms with Gasteiger partial charge < -0.3 is 10.2 Å². The molecule has 0 unspecified atom stereocenters. The zero-order chi connectivity index (χ0) is 41.9. The molecule has 3 aliphatic rings. The molecule has 0 fully saturated rings. The summed E-state index contributed by atoms with van der Waals surface area (Å²) in [4.78, 5) is 2.60. The van der Waals surface area contributed by atoms with Gasteiger partial charge in [-0.1, -0.05) is 167 Å². The largest absolute Gasteiger partial charge is 0.355 e. The fourth-order valence-corrected chi connectivity index (χ4v) is 11.1. The summed E-state index contributed by atoms with van der Waals surface area (Å²) in [6, 6.07) is 68.1. The van der Waals surface area contributed by atoms with Crippen molar-refractivity contribution in [3.05, 3.63) is 210 Å². The van der Waals surface area contributed by atoms with Gasteiger partial charge >= 0.3 is 0 Å². The molecule has 0 radical (unpaired) electrons. The summed E-state index contributed by atoms with van der Waals surface area (Å²) in [5.74, 6) is 0. The van der Waals surface area contributed by atoms with Gasteiger partial charge in [-0.05, 0) is 138 Å². The third-order valence-electron chi connectivity index (χ3n) is 14.3. The van der Waals surface area contributed by atoms with E-state index < -0.39 is 0 Å². The molecule has 62 heavy (non-hydrogen) atoms. The first kappa shape index (κ1) is 36.7. The zero-order valence-electron chi connectivity index (χ0n) is 36.0. The molecule has 0 bridgehead atoms. The molecule has 1 N–H and O–H groups in total.